The molecular weight excluding hydrogens is 256 g/mol. The number of nitrogens with one attached hydrogen (secondary N) is 2. The number of hydrogen-bond donors (Lipinski definition) is 2. The smallest absolute Gasteiger partial charge is 0.224 e. The van der Waals surface area contributed by atoms with E-state index in [2.05, 4.69) is 15.5 Å². The van der Waals surface area contributed by atoms with Gasteiger partial charge in [0.15, 0.2) is 0 Å². The Hall–Kier alpha value is -1.85. The topological polar surface area (TPSA) is 78.1 Å². The highest BCUT2D eigenvalue weighted by molar-refractivity contribution is 5.83. The van der Waals surface area contributed by atoms with Crippen molar-refractivity contribution in [2.75, 3.05) is 19.6 Å². The SMILES string of the molecule is CCCN1C[C@H](C(=O)NCCc2ccn[nH]2)CCC1=O. The third-order valence-corrected chi connectivity index (χ3v) is 3.62. The normalized spacial score (nSPS) is 19.1. The van der Waals surface area contributed by atoms with E-state index in [1.165, 1.54) is 0 Å². The number of piperidine rings is 1. The number of carbonyl (C=O) groups excluding carboxylic acids is 2. The molecule has 1 aromatic heterocycles. The molecule has 1 aliphatic heterocycles. The zero-order valence-electron chi connectivity index (χ0n) is 11.9. The summed E-state index contributed by atoms with van der Waals surface area (Å²) < 4.78 is 0. The third-order valence-electron chi connectivity index (χ3n) is 3.62. The quantitative estimate of drug-likeness (QED) is 0.804. The maximum absolute atomic E-state index is 12.1. The van der Waals surface area contributed by atoms with Gasteiger partial charge in [0.25, 0.3) is 0 Å². The third kappa shape index (κ3) is 3.82. The van der Waals surface area contributed by atoms with E-state index in [9.17, 15) is 9.59 Å². The maximum Gasteiger partial charge on any atom is 0.224 e. The molecule has 2 N–H and O–H groups in total. The first-order valence-electron chi connectivity index (χ1n) is 7.24. The Balaban J connectivity index is 1.75. The van der Waals surface area contributed by atoms with Crippen LogP contribution in [0.1, 0.15) is 31.9 Å². The number of aromatic nitrogens is 2. The molecule has 1 aromatic rings. The molecule has 2 rings (SSSR count). The molecule has 6 nitrogen and oxygen atoms in total. The molecule has 1 aliphatic rings. The van der Waals surface area contributed by atoms with Crippen LogP contribution >= 0.6 is 0 Å². The van der Waals surface area contributed by atoms with Crippen molar-refractivity contribution in [2.45, 2.75) is 32.6 Å². The van der Waals surface area contributed by atoms with Gasteiger partial charge in [-0.1, -0.05) is 6.92 Å². The second-order valence-corrected chi connectivity index (χ2v) is 5.20. The molecule has 1 fully saturated rings. The molecule has 20 heavy (non-hydrogen) atoms. The lowest BCUT2D eigenvalue weighted by molar-refractivity contribution is -0.138. The standard InChI is InChI=1S/C14H22N4O2/c1-2-9-18-10-11(3-4-13(18)19)14(20)15-7-5-12-6-8-16-17-12/h6,8,11H,2-5,7,9-10H2,1H3,(H,15,20)(H,16,17)/t11-/m1/s1. The van der Waals surface area contributed by atoms with Gasteiger partial charge >= 0.3 is 0 Å². The van der Waals surface area contributed by atoms with E-state index < -0.39 is 0 Å². The van der Waals surface area contributed by atoms with Crippen LogP contribution in [0.3, 0.4) is 0 Å². The summed E-state index contributed by atoms with van der Waals surface area (Å²) in [7, 11) is 0. The predicted octanol–water partition coefficient (Wildman–Crippen LogP) is 0.717. The fourth-order valence-corrected chi connectivity index (χ4v) is 2.50. The minimum atomic E-state index is -0.0685. The molecule has 0 bridgehead atoms. The zero-order valence-corrected chi connectivity index (χ0v) is 11.9. The number of carbonyl (C=O) groups is 2. The van der Waals surface area contributed by atoms with E-state index in [1.54, 1.807) is 6.20 Å². The molecule has 1 saturated heterocycles. The number of likely N-dealkylation sites (tertiary alicyclic amines) is 1. The van der Waals surface area contributed by atoms with E-state index in [-0.39, 0.29) is 17.7 Å². The van der Waals surface area contributed by atoms with Gasteiger partial charge in [0.2, 0.25) is 11.8 Å². The van der Waals surface area contributed by atoms with Crippen LogP contribution in [0.4, 0.5) is 0 Å². The van der Waals surface area contributed by atoms with Gasteiger partial charge in [-0.25, -0.2) is 0 Å². The molecule has 1 atom stereocenters. The first-order chi connectivity index (χ1) is 9.70. The summed E-state index contributed by atoms with van der Waals surface area (Å²) in [5.74, 6) is 0.160. The highest BCUT2D eigenvalue weighted by Crippen LogP contribution is 2.17. The van der Waals surface area contributed by atoms with Crippen LogP contribution in [-0.4, -0.2) is 46.5 Å². The van der Waals surface area contributed by atoms with Crippen molar-refractivity contribution >= 4 is 11.8 Å². The van der Waals surface area contributed by atoms with E-state index in [0.717, 1.165) is 25.1 Å². The van der Waals surface area contributed by atoms with Gasteiger partial charge in [-0.3, -0.25) is 14.7 Å². The minimum absolute atomic E-state index is 0.0538. The van der Waals surface area contributed by atoms with Crippen LogP contribution in [0, 0.1) is 5.92 Å². The summed E-state index contributed by atoms with van der Waals surface area (Å²) in [5, 5.41) is 9.68. The number of aromatic amines is 1. The van der Waals surface area contributed by atoms with Crippen LogP contribution in [0.2, 0.25) is 0 Å². The molecule has 0 unspecified atom stereocenters. The summed E-state index contributed by atoms with van der Waals surface area (Å²) in [6.45, 7) is 3.94. The molecule has 0 aromatic carbocycles. The zero-order chi connectivity index (χ0) is 14.4. The van der Waals surface area contributed by atoms with Crippen molar-refractivity contribution in [1.82, 2.24) is 20.4 Å². The van der Waals surface area contributed by atoms with Crippen molar-refractivity contribution in [1.29, 1.82) is 0 Å². The predicted molar refractivity (Wildman–Crippen MR) is 74.9 cm³/mol. The monoisotopic (exact) mass is 278 g/mol. The lowest BCUT2D eigenvalue weighted by Crippen LogP contribution is -2.46. The Morgan fingerprint density at radius 1 is 1.60 bits per heavy atom. The molecule has 0 saturated carbocycles. The molecule has 6 heteroatoms. The van der Waals surface area contributed by atoms with Crippen molar-refractivity contribution < 1.29 is 9.59 Å². The van der Waals surface area contributed by atoms with Gasteiger partial charge in [0.05, 0.1) is 5.92 Å². The average molecular weight is 278 g/mol. The fraction of sp³-hybridized carbons (Fsp3) is 0.643. The highest BCUT2D eigenvalue weighted by atomic mass is 16.2. The Labute approximate surface area is 118 Å². The van der Waals surface area contributed by atoms with Gasteiger partial charge < -0.3 is 10.2 Å². The summed E-state index contributed by atoms with van der Waals surface area (Å²) in [6.07, 6.45) is 4.52. The van der Waals surface area contributed by atoms with Crippen LogP contribution in [0.15, 0.2) is 12.3 Å². The first-order valence-corrected chi connectivity index (χ1v) is 7.24. The van der Waals surface area contributed by atoms with Gasteiger partial charge in [0.1, 0.15) is 0 Å². The number of amides is 2. The van der Waals surface area contributed by atoms with Gasteiger partial charge in [-0.2, -0.15) is 5.10 Å². The van der Waals surface area contributed by atoms with Crippen LogP contribution in [0.5, 0.6) is 0 Å². The minimum Gasteiger partial charge on any atom is -0.355 e. The Bertz CT molecular complexity index is 444. The molecule has 0 aliphatic carbocycles. The van der Waals surface area contributed by atoms with Crippen LogP contribution in [-0.2, 0) is 16.0 Å². The summed E-state index contributed by atoms with van der Waals surface area (Å²) >= 11 is 0. The number of nitrogens with zero attached hydrogens (tertiary/aromatic N) is 2. The van der Waals surface area contributed by atoms with E-state index in [4.69, 9.17) is 0 Å². The van der Waals surface area contributed by atoms with Crippen LogP contribution in [0.25, 0.3) is 0 Å². The fourth-order valence-electron chi connectivity index (χ4n) is 2.50. The molecule has 2 amide bonds. The molecule has 0 spiro atoms. The summed E-state index contributed by atoms with van der Waals surface area (Å²) in [4.78, 5) is 25.6. The second-order valence-electron chi connectivity index (χ2n) is 5.20. The van der Waals surface area contributed by atoms with Gasteiger partial charge in [-0.15, -0.1) is 0 Å². The van der Waals surface area contributed by atoms with E-state index >= 15 is 0 Å². The maximum atomic E-state index is 12.1. The Morgan fingerprint density at radius 3 is 3.15 bits per heavy atom. The van der Waals surface area contributed by atoms with Gasteiger partial charge in [-0.05, 0) is 18.9 Å². The van der Waals surface area contributed by atoms with Crippen molar-refractivity contribution in [3.63, 3.8) is 0 Å². The Kier molecular flexibility index (Phi) is 5.15. The molecule has 2 heterocycles. The number of H-pyrrole nitrogens is 1. The largest absolute Gasteiger partial charge is 0.355 e. The lowest BCUT2D eigenvalue weighted by Gasteiger charge is -2.31. The number of hydrogen-bond acceptors (Lipinski definition) is 3. The average Bonchev–Trinajstić information content (AvgIpc) is 2.94. The van der Waals surface area contributed by atoms with E-state index in [0.29, 0.717) is 25.9 Å². The van der Waals surface area contributed by atoms with Gasteiger partial charge in [0, 0.05) is 44.4 Å². The second kappa shape index (κ2) is 7.07. The molecular formula is C14H22N4O2. The van der Waals surface area contributed by atoms with Crippen molar-refractivity contribution in [3.8, 4) is 0 Å². The Morgan fingerprint density at radius 2 is 2.45 bits per heavy atom. The lowest BCUT2D eigenvalue weighted by atomic mass is 9.96. The van der Waals surface area contributed by atoms with Crippen LogP contribution < -0.4 is 5.32 Å². The van der Waals surface area contributed by atoms with Crippen molar-refractivity contribution in [2.24, 2.45) is 5.92 Å². The first kappa shape index (κ1) is 14.6. The summed E-state index contributed by atoms with van der Waals surface area (Å²) in [5.41, 5.74) is 1.01. The number of rotatable bonds is 6. The molecule has 110 valence electrons. The van der Waals surface area contributed by atoms with Crippen molar-refractivity contribution in [3.05, 3.63) is 18.0 Å². The molecule has 0 radical (unpaired) electrons. The highest BCUT2D eigenvalue weighted by Gasteiger charge is 2.29. The summed E-state index contributed by atoms with van der Waals surface area (Å²) in [6, 6.07) is 1.90. The van der Waals surface area contributed by atoms with E-state index in [1.807, 2.05) is 17.9 Å².